The van der Waals surface area contributed by atoms with Crippen LogP contribution in [0.5, 0.6) is 0 Å². The minimum absolute atomic E-state index is 0.0163. The Morgan fingerprint density at radius 1 is 1.07 bits per heavy atom. The molecule has 1 fully saturated rings. The summed E-state index contributed by atoms with van der Waals surface area (Å²) in [6.07, 6.45) is 0. The number of nitrogens with zero attached hydrogens (tertiary/aromatic N) is 2. The maximum Gasteiger partial charge on any atom is 0.254 e. The van der Waals surface area contributed by atoms with E-state index in [2.05, 4.69) is 10.3 Å². The normalized spacial score (nSPS) is 14.0. The van der Waals surface area contributed by atoms with Gasteiger partial charge in [0, 0.05) is 36.3 Å². The molecule has 1 aliphatic rings. The van der Waals surface area contributed by atoms with Gasteiger partial charge < -0.3 is 15.0 Å². The molecule has 0 unspecified atom stereocenters. The molecule has 2 amide bonds. The van der Waals surface area contributed by atoms with Crippen LogP contribution in [0.4, 0.5) is 0 Å². The molecule has 1 aromatic heterocycles. The molecule has 2 heterocycles. The summed E-state index contributed by atoms with van der Waals surface area (Å²) in [5.74, 6) is -0.122. The second-order valence-corrected chi connectivity index (χ2v) is 7.11. The summed E-state index contributed by atoms with van der Waals surface area (Å²) in [6.45, 7) is 4.68. The van der Waals surface area contributed by atoms with Crippen molar-refractivity contribution in [1.29, 1.82) is 0 Å². The van der Waals surface area contributed by atoms with Crippen molar-refractivity contribution < 1.29 is 14.3 Å². The summed E-state index contributed by atoms with van der Waals surface area (Å²) >= 11 is 0. The largest absolute Gasteiger partial charge is 0.378 e. The standard InChI is InChI=1S/C23H23N3O3/c1-16-14-20(19-4-2-3-5-21(19)25-16)22(27)24-15-17-6-8-18(9-7-17)23(28)26-10-12-29-13-11-26/h2-9,14H,10-13,15H2,1H3,(H,24,27). The highest BCUT2D eigenvalue weighted by molar-refractivity contribution is 6.06. The molecule has 148 valence electrons. The second kappa shape index (κ2) is 8.41. The average molecular weight is 389 g/mol. The monoisotopic (exact) mass is 389 g/mol. The van der Waals surface area contributed by atoms with E-state index in [0.717, 1.165) is 22.2 Å². The van der Waals surface area contributed by atoms with Crippen molar-refractivity contribution in [1.82, 2.24) is 15.2 Å². The lowest BCUT2D eigenvalue weighted by Crippen LogP contribution is -2.40. The third-order valence-electron chi connectivity index (χ3n) is 5.04. The zero-order chi connectivity index (χ0) is 20.2. The maximum absolute atomic E-state index is 12.8. The van der Waals surface area contributed by atoms with Crippen molar-refractivity contribution in [3.05, 3.63) is 77.0 Å². The number of para-hydroxylation sites is 1. The van der Waals surface area contributed by atoms with Crippen molar-refractivity contribution in [3.63, 3.8) is 0 Å². The Balaban J connectivity index is 1.43. The number of aromatic nitrogens is 1. The first-order valence-electron chi connectivity index (χ1n) is 9.72. The van der Waals surface area contributed by atoms with Crippen molar-refractivity contribution in [2.24, 2.45) is 0 Å². The fraction of sp³-hybridized carbons (Fsp3) is 0.261. The zero-order valence-corrected chi connectivity index (χ0v) is 16.4. The van der Waals surface area contributed by atoms with E-state index in [9.17, 15) is 9.59 Å². The smallest absolute Gasteiger partial charge is 0.254 e. The molecule has 0 radical (unpaired) electrons. The van der Waals surface area contributed by atoms with Gasteiger partial charge in [-0.15, -0.1) is 0 Å². The minimum Gasteiger partial charge on any atom is -0.378 e. The molecule has 0 atom stereocenters. The Labute approximate surface area is 169 Å². The first-order valence-corrected chi connectivity index (χ1v) is 9.72. The van der Waals surface area contributed by atoms with Crippen LogP contribution in [0.1, 0.15) is 32.0 Å². The molecular formula is C23H23N3O3. The van der Waals surface area contributed by atoms with Crippen molar-refractivity contribution >= 4 is 22.7 Å². The molecule has 1 N–H and O–H groups in total. The molecule has 4 rings (SSSR count). The lowest BCUT2D eigenvalue weighted by Gasteiger charge is -2.26. The van der Waals surface area contributed by atoms with Gasteiger partial charge in [0.25, 0.3) is 11.8 Å². The number of benzene rings is 2. The number of aryl methyl sites for hydroxylation is 1. The van der Waals surface area contributed by atoms with Crippen LogP contribution in [0.2, 0.25) is 0 Å². The van der Waals surface area contributed by atoms with Crippen LogP contribution in [-0.2, 0) is 11.3 Å². The molecule has 3 aromatic rings. The van der Waals surface area contributed by atoms with Crippen LogP contribution in [0.25, 0.3) is 10.9 Å². The highest BCUT2D eigenvalue weighted by Crippen LogP contribution is 2.18. The summed E-state index contributed by atoms with van der Waals surface area (Å²) in [4.78, 5) is 31.5. The van der Waals surface area contributed by atoms with E-state index in [-0.39, 0.29) is 11.8 Å². The van der Waals surface area contributed by atoms with Gasteiger partial charge in [-0.2, -0.15) is 0 Å². The van der Waals surface area contributed by atoms with E-state index < -0.39 is 0 Å². The number of ether oxygens (including phenoxy) is 1. The predicted molar refractivity (Wildman–Crippen MR) is 111 cm³/mol. The Hall–Kier alpha value is -3.25. The molecule has 6 heteroatoms. The van der Waals surface area contributed by atoms with E-state index in [0.29, 0.717) is 44.0 Å². The molecule has 0 saturated carbocycles. The quantitative estimate of drug-likeness (QED) is 0.745. The molecule has 1 aliphatic heterocycles. The van der Waals surface area contributed by atoms with Crippen molar-refractivity contribution in [2.75, 3.05) is 26.3 Å². The van der Waals surface area contributed by atoms with Crippen molar-refractivity contribution in [2.45, 2.75) is 13.5 Å². The Morgan fingerprint density at radius 3 is 2.55 bits per heavy atom. The van der Waals surface area contributed by atoms with Crippen LogP contribution in [0.15, 0.2) is 54.6 Å². The highest BCUT2D eigenvalue weighted by Gasteiger charge is 2.18. The van der Waals surface area contributed by atoms with Gasteiger partial charge in [-0.1, -0.05) is 30.3 Å². The van der Waals surface area contributed by atoms with Gasteiger partial charge in [-0.3, -0.25) is 14.6 Å². The number of hydrogen-bond donors (Lipinski definition) is 1. The molecule has 0 aliphatic carbocycles. The Kier molecular flexibility index (Phi) is 5.53. The van der Waals surface area contributed by atoms with Crippen molar-refractivity contribution in [3.8, 4) is 0 Å². The van der Waals surface area contributed by atoms with E-state index in [1.807, 2.05) is 61.5 Å². The molecule has 6 nitrogen and oxygen atoms in total. The SMILES string of the molecule is Cc1cc(C(=O)NCc2ccc(C(=O)N3CCOCC3)cc2)c2ccccc2n1. The lowest BCUT2D eigenvalue weighted by atomic mass is 10.1. The van der Waals surface area contributed by atoms with Crippen LogP contribution in [0, 0.1) is 6.92 Å². The minimum atomic E-state index is -0.139. The molecule has 0 bridgehead atoms. The number of nitrogens with one attached hydrogen (secondary N) is 1. The van der Waals surface area contributed by atoms with Gasteiger partial charge in [-0.05, 0) is 36.8 Å². The van der Waals surface area contributed by atoms with Crippen LogP contribution < -0.4 is 5.32 Å². The van der Waals surface area contributed by atoms with Gasteiger partial charge in [-0.25, -0.2) is 0 Å². The number of rotatable bonds is 4. The van der Waals surface area contributed by atoms with Gasteiger partial charge in [0.2, 0.25) is 0 Å². The summed E-state index contributed by atoms with van der Waals surface area (Å²) in [6, 6.07) is 16.8. The predicted octanol–water partition coefficient (Wildman–Crippen LogP) is 2.95. The molecule has 2 aromatic carbocycles. The average Bonchev–Trinajstić information content (AvgIpc) is 2.77. The number of morpholine rings is 1. The van der Waals surface area contributed by atoms with Crippen LogP contribution in [-0.4, -0.2) is 48.0 Å². The van der Waals surface area contributed by atoms with Gasteiger partial charge in [0.1, 0.15) is 0 Å². The van der Waals surface area contributed by atoms with E-state index >= 15 is 0 Å². The summed E-state index contributed by atoms with van der Waals surface area (Å²) in [5.41, 5.74) is 3.82. The van der Waals surface area contributed by atoms with E-state index in [1.54, 1.807) is 4.90 Å². The number of carbonyl (C=O) groups is 2. The molecular weight excluding hydrogens is 366 g/mol. The topological polar surface area (TPSA) is 71.5 Å². The van der Waals surface area contributed by atoms with E-state index in [4.69, 9.17) is 4.74 Å². The summed E-state index contributed by atoms with van der Waals surface area (Å²) in [5, 5.41) is 3.80. The van der Waals surface area contributed by atoms with E-state index in [1.165, 1.54) is 0 Å². The number of pyridine rings is 1. The summed E-state index contributed by atoms with van der Waals surface area (Å²) in [7, 11) is 0. The number of carbonyl (C=O) groups excluding carboxylic acids is 2. The molecule has 29 heavy (non-hydrogen) atoms. The third-order valence-corrected chi connectivity index (χ3v) is 5.04. The third kappa shape index (κ3) is 4.27. The summed E-state index contributed by atoms with van der Waals surface area (Å²) < 4.78 is 5.29. The van der Waals surface area contributed by atoms with Gasteiger partial charge in [0.15, 0.2) is 0 Å². The fourth-order valence-corrected chi connectivity index (χ4v) is 3.49. The zero-order valence-electron chi connectivity index (χ0n) is 16.4. The number of hydrogen-bond acceptors (Lipinski definition) is 4. The maximum atomic E-state index is 12.8. The first kappa shape index (κ1) is 19.1. The number of amides is 2. The second-order valence-electron chi connectivity index (χ2n) is 7.11. The Morgan fingerprint density at radius 2 is 1.79 bits per heavy atom. The molecule has 1 saturated heterocycles. The highest BCUT2D eigenvalue weighted by atomic mass is 16.5. The van der Waals surface area contributed by atoms with Gasteiger partial charge >= 0.3 is 0 Å². The van der Waals surface area contributed by atoms with Gasteiger partial charge in [0.05, 0.1) is 24.3 Å². The van der Waals surface area contributed by atoms with Crippen LogP contribution in [0.3, 0.4) is 0 Å². The first-order chi connectivity index (χ1) is 14.1. The Bertz CT molecular complexity index is 1040. The van der Waals surface area contributed by atoms with Crippen LogP contribution >= 0.6 is 0 Å². The fourth-order valence-electron chi connectivity index (χ4n) is 3.49. The lowest BCUT2D eigenvalue weighted by molar-refractivity contribution is 0.0303. The number of fused-ring (bicyclic) bond motifs is 1. The molecule has 0 spiro atoms.